The first-order valence-electron chi connectivity index (χ1n) is 5.92. The number of hydrogen-bond donors (Lipinski definition) is 0. The van der Waals surface area contributed by atoms with Gasteiger partial charge < -0.3 is 0 Å². The number of hydrogen-bond acceptors (Lipinski definition) is 4. The first-order valence-corrected chi connectivity index (χ1v) is 5.92. The number of carbonyl (C=O) groups excluding carboxylic acids is 1. The first kappa shape index (κ1) is 12.4. The van der Waals surface area contributed by atoms with Crippen LogP contribution in [0.3, 0.4) is 0 Å². The van der Waals surface area contributed by atoms with Crippen molar-refractivity contribution in [2.75, 3.05) is 0 Å². The summed E-state index contributed by atoms with van der Waals surface area (Å²) < 4.78 is 1.76. The van der Waals surface area contributed by atoms with E-state index < -0.39 is 0 Å². The van der Waals surface area contributed by atoms with Crippen molar-refractivity contribution in [3.63, 3.8) is 0 Å². The third-order valence-corrected chi connectivity index (χ3v) is 2.73. The van der Waals surface area contributed by atoms with Crippen LogP contribution in [0.25, 0.3) is 0 Å². The zero-order chi connectivity index (χ0) is 13.1. The number of nitrogens with zero attached hydrogens (tertiary/aromatic N) is 4. The van der Waals surface area contributed by atoms with E-state index in [2.05, 4.69) is 15.1 Å². The van der Waals surface area contributed by atoms with Gasteiger partial charge in [-0.15, -0.1) is 0 Å². The van der Waals surface area contributed by atoms with E-state index in [0.29, 0.717) is 11.5 Å². The second-order valence-corrected chi connectivity index (χ2v) is 4.48. The summed E-state index contributed by atoms with van der Waals surface area (Å²) in [5.74, 6) is 0.656. The van der Waals surface area contributed by atoms with Gasteiger partial charge in [0.1, 0.15) is 17.8 Å². The van der Waals surface area contributed by atoms with E-state index in [1.54, 1.807) is 10.9 Å². The molecule has 5 heteroatoms. The molecule has 0 N–H and O–H groups in total. The molecule has 2 aromatic heterocycles. The molecule has 0 unspecified atom stereocenters. The molecule has 0 aromatic carbocycles. The topological polar surface area (TPSA) is 60.7 Å². The van der Waals surface area contributed by atoms with Gasteiger partial charge in [0.2, 0.25) is 0 Å². The van der Waals surface area contributed by atoms with E-state index in [0.717, 1.165) is 5.56 Å². The molecule has 5 nitrogen and oxygen atoms in total. The zero-order valence-electron chi connectivity index (χ0n) is 10.8. The molecule has 2 aromatic rings. The number of ketones is 1. The summed E-state index contributed by atoms with van der Waals surface area (Å²) in [4.78, 5) is 20.4. The maximum absolute atomic E-state index is 12.2. The van der Waals surface area contributed by atoms with Crippen LogP contribution < -0.4 is 0 Å². The number of carbonyl (C=O) groups is 1. The van der Waals surface area contributed by atoms with Gasteiger partial charge in [-0.2, -0.15) is 5.10 Å². The lowest BCUT2D eigenvalue weighted by Gasteiger charge is -2.09. The van der Waals surface area contributed by atoms with E-state index in [4.69, 9.17) is 0 Å². The lowest BCUT2D eigenvalue weighted by molar-refractivity contribution is 0.0983. The van der Waals surface area contributed by atoms with Gasteiger partial charge in [0.15, 0.2) is 5.78 Å². The van der Waals surface area contributed by atoms with Crippen LogP contribution in [0.2, 0.25) is 0 Å². The van der Waals surface area contributed by atoms with Crippen LogP contribution in [0.15, 0.2) is 24.7 Å². The fourth-order valence-electron chi connectivity index (χ4n) is 1.84. The Morgan fingerprint density at radius 3 is 2.83 bits per heavy atom. The van der Waals surface area contributed by atoms with Crippen molar-refractivity contribution < 1.29 is 4.79 Å². The molecule has 2 heterocycles. The Balaban J connectivity index is 2.22. The van der Waals surface area contributed by atoms with Crippen LogP contribution in [-0.2, 0) is 6.42 Å². The SMILES string of the molecule is Cc1cccnc1C(=O)Cc1ncnn1C(C)C. The van der Waals surface area contributed by atoms with Gasteiger partial charge in [0.05, 0.1) is 6.42 Å². The minimum Gasteiger partial charge on any atom is -0.292 e. The fourth-order valence-corrected chi connectivity index (χ4v) is 1.84. The molecule has 0 aliphatic carbocycles. The summed E-state index contributed by atoms with van der Waals surface area (Å²) in [5, 5.41) is 4.12. The molecule has 0 spiro atoms. The minimum atomic E-state index is -0.0250. The van der Waals surface area contributed by atoms with Gasteiger partial charge in [0.25, 0.3) is 0 Å². The number of aryl methyl sites for hydroxylation is 1. The number of rotatable bonds is 4. The monoisotopic (exact) mass is 244 g/mol. The highest BCUT2D eigenvalue weighted by molar-refractivity contribution is 5.96. The highest BCUT2D eigenvalue weighted by Gasteiger charge is 2.16. The van der Waals surface area contributed by atoms with Gasteiger partial charge >= 0.3 is 0 Å². The predicted molar refractivity (Wildman–Crippen MR) is 67.4 cm³/mol. The first-order chi connectivity index (χ1) is 8.59. The Hall–Kier alpha value is -2.04. The quantitative estimate of drug-likeness (QED) is 0.772. The minimum absolute atomic E-state index is 0.0250. The van der Waals surface area contributed by atoms with E-state index >= 15 is 0 Å². The van der Waals surface area contributed by atoms with Crippen molar-refractivity contribution in [1.82, 2.24) is 19.7 Å². The zero-order valence-corrected chi connectivity index (χ0v) is 10.8. The summed E-state index contributed by atoms with van der Waals surface area (Å²) in [7, 11) is 0. The van der Waals surface area contributed by atoms with Gasteiger partial charge in [-0.25, -0.2) is 9.67 Å². The van der Waals surface area contributed by atoms with Gasteiger partial charge in [-0.3, -0.25) is 9.78 Å². The summed E-state index contributed by atoms with van der Waals surface area (Å²) in [6.07, 6.45) is 3.34. The highest BCUT2D eigenvalue weighted by atomic mass is 16.1. The largest absolute Gasteiger partial charge is 0.292 e. The summed E-state index contributed by atoms with van der Waals surface area (Å²) in [6, 6.07) is 3.90. The predicted octanol–water partition coefficient (Wildman–Crippen LogP) is 1.99. The lowest BCUT2D eigenvalue weighted by Crippen LogP contribution is -2.14. The molecule has 0 fully saturated rings. The summed E-state index contributed by atoms with van der Waals surface area (Å²) in [6.45, 7) is 5.90. The maximum atomic E-state index is 12.2. The number of aromatic nitrogens is 4. The van der Waals surface area contributed by atoms with Crippen LogP contribution in [0.5, 0.6) is 0 Å². The smallest absolute Gasteiger partial charge is 0.188 e. The highest BCUT2D eigenvalue weighted by Crippen LogP contribution is 2.10. The molecular formula is C13H16N4O. The molecule has 0 saturated heterocycles. The van der Waals surface area contributed by atoms with Crippen molar-refractivity contribution in [1.29, 1.82) is 0 Å². The van der Waals surface area contributed by atoms with Gasteiger partial charge in [-0.1, -0.05) is 6.07 Å². The Bertz CT molecular complexity index is 560. The number of Topliss-reactive ketones (excluding diaryl/α,β-unsaturated/α-hetero) is 1. The van der Waals surface area contributed by atoms with E-state index in [1.807, 2.05) is 32.9 Å². The van der Waals surface area contributed by atoms with Gasteiger partial charge in [0, 0.05) is 12.2 Å². The molecule has 0 aliphatic rings. The molecule has 0 radical (unpaired) electrons. The maximum Gasteiger partial charge on any atom is 0.188 e. The van der Waals surface area contributed by atoms with Crippen molar-refractivity contribution in [2.24, 2.45) is 0 Å². The van der Waals surface area contributed by atoms with Crippen molar-refractivity contribution in [3.05, 3.63) is 41.7 Å². The molecule has 0 atom stereocenters. The molecule has 94 valence electrons. The molecule has 0 bridgehead atoms. The lowest BCUT2D eigenvalue weighted by atomic mass is 10.1. The number of pyridine rings is 1. The average Bonchev–Trinajstić information content (AvgIpc) is 2.77. The summed E-state index contributed by atoms with van der Waals surface area (Å²) >= 11 is 0. The Labute approximate surface area is 106 Å². The standard InChI is InChI=1S/C13H16N4O/c1-9(2)17-12(15-8-16-17)7-11(18)13-10(3)5-4-6-14-13/h4-6,8-9H,7H2,1-3H3. The average molecular weight is 244 g/mol. The molecule has 2 rings (SSSR count). The normalized spacial score (nSPS) is 10.9. The molecular weight excluding hydrogens is 228 g/mol. The molecule has 0 amide bonds. The molecule has 18 heavy (non-hydrogen) atoms. The van der Waals surface area contributed by atoms with Crippen LogP contribution in [-0.4, -0.2) is 25.5 Å². The van der Waals surface area contributed by atoms with Crippen LogP contribution >= 0.6 is 0 Å². The van der Waals surface area contributed by atoms with Crippen LogP contribution in [0, 0.1) is 6.92 Å². The van der Waals surface area contributed by atoms with Crippen molar-refractivity contribution >= 4 is 5.78 Å². The van der Waals surface area contributed by atoms with E-state index in [9.17, 15) is 4.79 Å². The molecule has 0 saturated carbocycles. The van der Waals surface area contributed by atoms with E-state index in [-0.39, 0.29) is 18.2 Å². The third kappa shape index (κ3) is 2.45. The van der Waals surface area contributed by atoms with E-state index in [1.165, 1.54) is 6.33 Å². The third-order valence-electron chi connectivity index (χ3n) is 2.73. The Morgan fingerprint density at radius 2 is 2.17 bits per heavy atom. The second kappa shape index (κ2) is 5.08. The Morgan fingerprint density at radius 1 is 1.39 bits per heavy atom. The summed E-state index contributed by atoms with van der Waals surface area (Å²) in [5.41, 5.74) is 1.40. The molecule has 0 aliphatic heterocycles. The van der Waals surface area contributed by atoms with Crippen molar-refractivity contribution in [2.45, 2.75) is 33.2 Å². The Kier molecular flexibility index (Phi) is 3.50. The van der Waals surface area contributed by atoms with Crippen molar-refractivity contribution in [3.8, 4) is 0 Å². The second-order valence-electron chi connectivity index (χ2n) is 4.48. The van der Waals surface area contributed by atoms with Gasteiger partial charge in [-0.05, 0) is 32.4 Å². The fraction of sp³-hybridized carbons (Fsp3) is 0.385. The van der Waals surface area contributed by atoms with Crippen LogP contribution in [0.1, 0.15) is 41.8 Å². The van der Waals surface area contributed by atoms with Crippen LogP contribution in [0.4, 0.5) is 0 Å².